The van der Waals surface area contributed by atoms with Crippen LogP contribution in [0.5, 0.6) is 0 Å². The fraction of sp³-hybridized carbons (Fsp3) is 0. The molecule has 0 atom stereocenters. The molecule has 0 saturated carbocycles. The molecule has 2 heterocycles. The molecule has 0 fully saturated rings. The van der Waals surface area contributed by atoms with E-state index >= 15 is 0 Å². The molecule has 0 unspecified atom stereocenters. The Hall–Kier alpha value is -1.18. The predicted octanol–water partition coefficient (Wildman–Crippen LogP) is 0.182. The summed E-state index contributed by atoms with van der Waals surface area (Å²) in [5.41, 5.74) is 0. The number of primary sulfonamides is 1. The van der Waals surface area contributed by atoms with Crippen molar-refractivity contribution >= 4 is 31.4 Å². The van der Waals surface area contributed by atoms with Crippen LogP contribution in [0, 0.1) is 5.21 Å². The van der Waals surface area contributed by atoms with Gasteiger partial charge < -0.3 is 5.21 Å². The van der Waals surface area contributed by atoms with E-state index in [0.29, 0.717) is 10.1 Å². The van der Waals surface area contributed by atoms with Crippen molar-refractivity contribution < 1.29 is 13.1 Å². The van der Waals surface area contributed by atoms with Crippen LogP contribution < -0.4 is 9.87 Å². The molecular weight excluding hydrogens is 224 g/mol. The second-order valence-corrected chi connectivity index (χ2v) is 5.61. The third-order valence-electron chi connectivity index (χ3n) is 1.69. The highest BCUT2D eigenvalue weighted by atomic mass is 32.2. The van der Waals surface area contributed by atoms with Crippen LogP contribution in [0.2, 0.25) is 0 Å². The fourth-order valence-corrected chi connectivity index (χ4v) is 2.87. The maximum absolute atomic E-state index is 11.0. The molecule has 5 nitrogen and oxygen atoms in total. The van der Waals surface area contributed by atoms with Crippen LogP contribution in [0.3, 0.4) is 0 Å². The van der Waals surface area contributed by atoms with Crippen LogP contribution in [0.1, 0.15) is 0 Å². The molecule has 2 rings (SSSR count). The van der Waals surface area contributed by atoms with Crippen LogP contribution in [-0.4, -0.2) is 8.42 Å². The lowest BCUT2D eigenvalue weighted by atomic mass is 10.3. The lowest BCUT2D eigenvalue weighted by Gasteiger charge is -1.91. The number of aromatic nitrogens is 1. The van der Waals surface area contributed by atoms with Crippen molar-refractivity contribution in [1.82, 2.24) is 0 Å². The number of nitrogens with zero attached hydrogens (tertiary/aromatic N) is 1. The van der Waals surface area contributed by atoms with Gasteiger partial charge in [-0.05, 0) is 6.07 Å². The molecule has 2 aromatic rings. The van der Waals surface area contributed by atoms with Crippen LogP contribution >= 0.6 is 11.3 Å². The van der Waals surface area contributed by atoms with Gasteiger partial charge in [-0.15, -0.1) is 11.3 Å². The summed E-state index contributed by atoms with van der Waals surface area (Å²) in [5.74, 6) is 0. The van der Waals surface area contributed by atoms with Crippen molar-refractivity contribution in [3.05, 3.63) is 29.7 Å². The molecule has 7 heteroatoms. The summed E-state index contributed by atoms with van der Waals surface area (Å²) in [5, 5.41) is 16.4. The highest BCUT2D eigenvalue weighted by Gasteiger charge is 2.13. The van der Waals surface area contributed by atoms with Crippen molar-refractivity contribution in [1.29, 1.82) is 0 Å². The largest absolute Gasteiger partial charge is 0.619 e. The second-order valence-electron chi connectivity index (χ2n) is 2.73. The quantitative estimate of drug-likeness (QED) is 0.560. The van der Waals surface area contributed by atoms with Crippen molar-refractivity contribution in [2.75, 3.05) is 0 Å². The maximum atomic E-state index is 11.0. The monoisotopic (exact) mass is 230 g/mol. The Morgan fingerprint density at radius 2 is 2.21 bits per heavy atom. The Labute approximate surface area is 84.0 Å². The molecule has 0 amide bonds. The topological polar surface area (TPSA) is 87.1 Å². The molecule has 0 aliphatic heterocycles. The minimum absolute atomic E-state index is 0.0682. The molecule has 0 aromatic carbocycles. The van der Waals surface area contributed by atoms with E-state index in [-0.39, 0.29) is 4.21 Å². The van der Waals surface area contributed by atoms with E-state index in [4.69, 9.17) is 5.14 Å². The Kier molecular flexibility index (Phi) is 1.95. The molecule has 2 N–H and O–H groups in total. The molecule has 74 valence electrons. The Morgan fingerprint density at radius 1 is 1.50 bits per heavy atom. The number of hydrogen-bond acceptors (Lipinski definition) is 4. The van der Waals surface area contributed by atoms with Crippen LogP contribution in [-0.2, 0) is 10.0 Å². The van der Waals surface area contributed by atoms with Crippen molar-refractivity contribution in [3.8, 4) is 0 Å². The van der Waals surface area contributed by atoms with Crippen LogP contribution in [0.25, 0.3) is 10.1 Å². The third kappa shape index (κ3) is 1.57. The first-order valence-electron chi connectivity index (χ1n) is 3.62. The van der Waals surface area contributed by atoms with Crippen molar-refractivity contribution in [2.24, 2.45) is 5.14 Å². The highest BCUT2D eigenvalue weighted by Crippen LogP contribution is 2.26. The Morgan fingerprint density at radius 3 is 2.86 bits per heavy atom. The highest BCUT2D eigenvalue weighted by molar-refractivity contribution is 7.91. The van der Waals surface area contributed by atoms with Gasteiger partial charge >= 0.3 is 0 Å². The summed E-state index contributed by atoms with van der Waals surface area (Å²) < 4.78 is 23.4. The number of rotatable bonds is 1. The SMILES string of the molecule is NS(=O)(=O)c1cc2c[n+]([O-])ccc2s1. The fourth-order valence-electron chi connectivity index (χ4n) is 1.09. The summed E-state index contributed by atoms with van der Waals surface area (Å²) in [6, 6.07) is 2.95. The molecule has 0 aliphatic rings. The molecule has 0 aliphatic carbocycles. The van der Waals surface area contributed by atoms with Gasteiger partial charge in [-0.1, -0.05) is 0 Å². The average molecular weight is 230 g/mol. The Balaban J connectivity index is 2.75. The second kappa shape index (κ2) is 2.91. The summed E-state index contributed by atoms with van der Waals surface area (Å²) in [6.07, 6.45) is 2.62. The smallest absolute Gasteiger partial charge is 0.247 e. The number of fused-ring (bicyclic) bond motifs is 1. The van der Waals surface area contributed by atoms with E-state index in [0.717, 1.165) is 16.0 Å². The molecule has 0 radical (unpaired) electrons. The zero-order valence-electron chi connectivity index (χ0n) is 6.88. The van der Waals surface area contributed by atoms with E-state index in [9.17, 15) is 13.6 Å². The first-order valence-corrected chi connectivity index (χ1v) is 5.98. The standard InChI is InChI=1S/C7H6N2O3S2/c8-14(11,12)7-3-5-4-9(10)2-1-6(5)13-7/h1-4H,(H2,8,11,12). The van der Waals surface area contributed by atoms with E-state index in [2.05, 4.69) is 0 Å². The summed E-state index contributed by atoms with van der Waals surface area (Å²) in [7, 11) is -3.67. The minimum Gasteiger partial charge on any atom is -0.619 e. The van der Waals surface area contributed by atoms with Gasteiger partial charge in [0.1, 0.15) is 4.21 Å². The van der Waals surface area contributed by atoms with Gasteiger partial charge in [0.05, 0.1) is 5.39 Å². The molecule has 0 saturated heterocycles. The Bertz CT molecular complexity index is 588. The molecule has 0 bridgehead atoms. The van der Waals surface area contributed by atoms with E-state index in [1.165, 1.54) is 18.5 Å². The number of pyridine rings is 1. The van der Waals surface area contributed by atoms with Crippen molar-refractivity contribution in [2.45, 2.75) is 4.21 Å². The molecule has 14 heavy (non-hydrogen) atoms. The lowest BCUT2D eigenvalue weighted by Crippen LogP contribution is -2.23. The zero-order chi connectivity index (χ0) is 10.3. The zero-order valence-corrected chi connectivity index (χ0v) is 8.51. The van der Waals surface area contributed by atoms with Gasteiger partial charge in [-0.2, -0.15) is 4.73 Å². The summed E-state index contributed by atoms with van der Waals surface area (Å²) in [4.78, 5) is 0. The van der Waals surface area contributed by atoms with Crippen LogP contribution in [0.4, 0.5) is 0 Å². The molecule has 2 aromatic heterocycles. The first kappa shape index (κ1) is 9.38. The number of hydrogen-bond donors (Lipinski definition) is 1. The van der Waals surface area contributed by atoms with E-state index < -0.39 is 10.0 Å². The number of sulfonamides is 1. The first-order chi connectivity index (χ1) is 6.47. The predicted molar refractivity (Wildman–Crippen MR) is 52.2 cm³/mol. The van der Waals surface area contributed by atoms with Gasteiger partial charge in [0.15, 0.2) is 12.4 Å². The minimum atomic E-state index is -3.67. The maximum Gasteiger partial charge on any atom is 0.247 e. The van der Waals surface area contributed by atoms with Gasteiger partial charge in [0, 0.05) is 10.8 Å². The normalized spacial score (nSPS) is 12.1. The van der Waals surface area contributed by atoms with Crippen molar-refractivity contribution in [3.63, 3.8) is 0 Å². The number of thiophene rings is 1. The lowest BCUT2D eigenvalue weighted by molar-refractivity contribution is -0.603. The van der Waals surface area contributed by atoms with Gasteiger partial charge in [0.25, 0.3) is 0 Å². The third-order valence-corrected chi connectivity index (χ3v) is 4.22. The van der Waals surface area contributed by atoms with Crippen LogP contribution in [0.15, 0.2) is 28.7 Å². The number of nitrogens with two attached hydrogens (primary N) is 1. The van der Waals surface area contributed by atoms with E-state index in [1.807, 2.05) is 0 Å². The van der Waals surface area contributed by atoms with Gasteiger partial charge in [-0.25, -0.2) is 13.6 Å². The van der Waals surface area contributed by atoms with Gasteiger partial charge in [0.2, 0.25) is 10.0 Å². The average Bonchev–Trinajstić information content (AvgIpc) is 2.45. The van der Waals surface area contributed by atoms with Gasteiger partial charge in [-0.3, -0.25) is 0 Å². The molecule has 0 spiro atoms. The molecular formula is C7H6N2O3S2. The summed E-state index contributed by atoms with van der Waals surface area (Å²) in [6.45, 7) is 0. The van der Waals surface area contributed by atoms with E-state index in [1.54, 1.807) is 6.07 Å². The summed E-state index contributed by atoms with van der Waals surface area (Å²) >= 11 is 1.05.